The van der Waals surface area contributed by atoms with E-state index in [4.69, 9.17) is 22.5 Å². The van der Waals surface area contributed by atoms with Crippen LogP contribution in [0.5, 0.6) is 0 Å². The largest absolute Gasteiger partial charge is 0.456 e. The van der Waals surface area contributed by atoms with E-state index in [1.807, 2.05) is 97.1 Å². The van der Waals surface area contributed by atoms with Gasteiger partial charge in [-0.05, 0) is 195 Å². The number of hydrogen-bond acceptors (Lipinski definition) is 2. The Kier molecular flexibility index (Phi) is 11.5. The predicted molar refractivity (Wildman–Crippen MR) is 414 cm³/mol. The first-order valence-electron chi connectivity index (χ1n) is 36.6. The molecule has 2 nitrogen and oxygen atoms in total. The van der Waals surface area contributed by atoms with Crippen LogP contribution < -0.4 is 0 Å². The van der Waals surface area contributed by atoms with Crippen LogP contribution in [0.15, 0.2) is 348 Å². The summed E-state index contributed by atoms with van der Waals surface area (Å²) in [7, 11) is 0. The van der Waals surface area contributed by atoms with Crippen molar-refractivity contribution in [3.05, 3.63) is 339 Å². The minimum Gasteiger partial charge on any atom is -0.456 e. The van der Waals surface area contributed by atoms with Crippen molar-refractivity contribution in [1.82, 2.24) is 0 Å². The Morgan fingerprint density at radius 3 is 1.11 bits per heavy atom. The average Bonchev–Trinajstić information content (AvgIpc) is 1.53. The van der Waals surface area contributed by atoms with Gasteiger partial charge in [0.05, 0.1) is 13.7 Å². The molecule has 452 valence electrons. The van der Waals surface area contributed by atoms with E-state index in [1.54, 1.807) is 0 Å². The molecule has 0 saturated heterocycles. The van der Waals surface area contributed by atoms with Gasteiger partial charge >= 0.3 is 0 Å². The molecule has 0 aliphatic heterocycles. The van der Waals surface area contributed by atoms with Crippen molar-refractivity contribution >= 4 is 130 Å². The van der Waals surface area contributed by atoms with E-state index in [0.29, 0.717) is 11.1 Å². The Balaban J connectivity index is 0.000000153. The highest BCUT2D eigenvalue weighted by Gasteiger charge is 2.24. The monoisotopic (exact) mass is 1230 g/mol. The zero-order valence-corrected chi connectivity index (χ0v) is 50.4. The number of fused-ring (bicyclic) bond motifs is 16. The molecule has 0 aliphatic rings. The number of furan rings is 2. The van der Waals surface area contributed by atoms with E-state index in [1.165, 1.54) is 43.1 Å². The second-order valence-electron chi connectivity index (χ2n) is 24.0. The van der Waals surface area contributed by atoms with Gasteiger partial charge in [0.15, 0.2) is 0 Å². The molecule has 2 heteroatoms. The van der Waals surface area contributed by atoms with Crippen molar-refractivity contribution < 1.29 is 22.5 Å². The Bertz CT molecular complexity index is 6960. The fraction of sp³-hybridized carbons (Fsp3) is 0.0213. The van der Waals surface area contributed by atoms with Gasteiger partial charge in [0.2, 0.25) is 0 Å². The van der Waals surface area contributed by atoms with Gasteiger partial charge in [-0.2, -0.15) is 0 Å². The first-order valence-corrected chi connectivity index (χ1v) is 31.6. The van der Waals surface area contributed by atoms with Crippen LogP contribution in [0.1, 0.15) is 28.6 Å². The van der Waals surface area contributed by atoms with Gasteiger partial charge in [0, 0.05) is 21.5 Å². The molecule has 0 unspecified atom stereocenters. The summed E-state index contributed by atoms with van der Waals surface area (Å²) in [5.41, 5.74) is 13.3. The van der Waals surface area contributed by atoms with Crippen molar-refractivity contribution in [3.63, 3.8) is 0 Å². The summed E-state index contributed by atoms with van der Waals surface area (Å²) < 4.78 is 99.1. The number of hydrogen-bond donors (Lipinski definition) is 0. The maximum Gasteiger partial charge on any atom is 0.136 e. The third-order valence-corrected chi connectivity index (χ3v) is 19.1. The second kappa shape index (κ2) is 23.3. The molecule has 20 rings (SSSR count). The van der Waals surface area contributed by atoms with Crippen LogP contribution in [-0.4, -0.2) is 0 Å². The molecular formula is C94H64O2. The van der Waals surface area contributed by atoms with Crippen LogP contribution in [-0.2, 0) is 0 Å². The topological polar surface area (TPSA) is 26.3 Å². The standard InChI is InChI=1S/2C46H28O.2CH4/c1-2-13-30(14-3-1)44-36-16-6-8-18-38(36)45(39-19-9-7-17-37(39)44)41-22-11-23-42-46(41)40-27-25-31(28-43(40)47-42)33-20-10-21-34-32-15-5-4-12-29(32)24-26-35(33)34;1-2-13-29(14-3-1)44-35-19-8-10-21-37(35)45(38-22-11-9-20-36(38)44)39-23-12-24-43-46(39)41-28-31(25-26-42(41)47-43)40-27-30-15-4-5-16-32(30)33-17-6-7-18-34(33)40;;/h2*1-28H;2*1H4/i2*1D,2D,3D,13D,14D;;. The number of rotatable bonds is 6. The lowest BCUT2D eigenvalue weighted by atomic mass is 9.85. The quantitative estimate of drug-likeness (QED) is 0.123. The minimum absolute atomic E-state index is 0. The predicted octanol–water partition coefficient (Wildman–Crippen LogP) is 27.7. The third-order valence-electron chi connectivity index (χ3n) is 19.1. The van der Waals surface area contributed by atoms with Gasteiger partial charge in [0.1, 0.15) is 22.3 Å². The van der Waals surface area contributed by atoms with E-state index in [-0.39, 0.29) is 74.3 Å². The lowest BCUT2D eigenvalue weighted by Crippen LogP contribution is -1.91. The van der Waals surface area contributed by atoms with E-state index < -0.39 is 12.1 Å². The summed E-state index contributed by atoms with van der Waals surface area (Å²) in [6.45, 7) is 0. The summed E-state index contributed by atoms with van der Waals surface area (Å²) in [5, 5.41) is 20.6. The number of benzene rings is 18. The zero-order valence-electron chi connectivity index (χ0n) is 60.4. The van der Waals surface area contributed by atoms with Gasteiger partial charge in [0.25, 0.3) is 0 Å². The normalized spacial score (nSPS) is 13.0. The summed E-state index contributed by atoms with van der Waals surface area (Å²) in [5.74, 6) is 0. The Morgan fingerprint density at radius 2 is 0.573 bits per heavy atom. The highest BCUT2D eigenvalue weighted by atomic mass is 16.3. The van der Waals surface area contributed by atoms with Crippen LogP contribution in [0, 0.1) is 0 Å². The van der Waals surface area contributed by atoms with Crippen LogP contribution in [0.2, 0.25) is 0 Å². The lowest BCUT2D eigenvalue weighted by molar-refractivity contribution is 0.668. The average molecular weight is 1240 g/mol. The van der Waals surface area contributed by atoms with Gasteiger partial charge < -0.3 is 8.83 Å². The third kappa shape index (κ3) is 9.09. The maximum absolute atomic E-state index is 8.92. The fourth-order valence-electron chi connectivity index (χ4n) is 15.1. The molecule has 0 amide bonds. The highest BCUT2D eigenvalue weighted by molar-refractivity contribution is 6.28. The zero-order chi connectivity index (χ0) is 70.5. The molecule has 2 heterocycles. The van der Waals surface area contributed by atoms with E-state index in [2.05, 4.69) is 182 Å². The highest BCUT2D eigenvalue weighted by Crippen LogP contribution is 2.50. The minimum atomic E-state index is -0.404. The van der Waals surface area contributed by atoms with Crippen molar-refractivity contribution in [2.24, 2.45) is 0 Å². The fourth-order valence-corrected chi connectivity index (χ4v) is 15.1. The van der Waals surface area contributed by atoms with Crippen LogP contribution in [0.4, 0.5) is 0 Å². The van der Waals surface area contributed by atoms with Crippen molar-refractivity contribution in [2.45, 2.75) is 14.9 Å². The van der Waals surface area contributed by atoms with Crippen LogP contribution in [0.25, 0.3) is 197 Å². The molecule has 96 heavy (non-hydrogen) atoms. The van der Waals surface area contributed by atoms with Crippen LogP contribution in [0.3, 0.4) is 0 Å². The molecule has 0 aliphatic carbocycles. The summed E-state index contributed by atoms with van der Waals surface area (Å²) >= 11 is 0. The smallest absolute Gasteiger partial charge is 0.136 e. The second-order valence-corrected chi connectivity index (χ2v) is 24.0. The van der Waals surface area contributed by atoms with Gasteiger partial charge in [-0.15, -0.1) is 0 Å². The molecule has 0 N–H and O–H groups in total. The molecule has 20 aromatic rings. The lowest BCUT2D eigenvalue weighted by Gasteiger charge is -2.18. The summed E-state index contributed by atoms with van der Waals surface area (Å²) in [4.78, 5) is 0. The molecule has 18 aromatic carbocycles. The molecule has 0 atom stereocenters. The molecule has 0 fully saturated rings. The molecular weight excluding hydrogens is 1160 g/mol. The molecule has 2 aromatic heterocycles. The maximum atomic E-state index is 8.92. The molecule has 0 saturated carbocycles. The summed E-state index contributed by atoms with van der Waals surface area (Å²) in [6, 6.07) is 92.7. The molecule has 0 radical (unpaired) electrons. The Labute approximate surface area is 570 Å². The van der Waals surface area contributed by atoms with E-state index >= 15 is 0 Å². The van der Waals surface area contributed by atoms with Gasteiger partial charge in [-0.25, -0.2) is 0 Å². The van der Waals surface area contributed by atoms with Crippen molar-refractivity contribution in [3.8, 4) is 66.8 Å². The van der Waals surface area contributed by atoms with Crippen LogP contribution >= 0.6 is 0 Å². The summed E-state index contributed by atoms with van der Waals surface area (Å²) in [6.07, 6.45) is 0. The Morgan fingerprint density at radius 1 is 0.198 bits per heavy atom. The van der Waals surface area contributed by atoms with Crippen molar-refractivity contribution in [1.29, 1.82) is 0 Å². The van der Waals surface area contributed by atoms with Crippen molar-refractivity contribution in [2.75, 3.05) is 0 Å². The Hall–Kier alpha value is -12.4. The first kappa shape index (κ1) is 47.5. The van der Waals surface area contributed by atoms with E-state index in [9.17, 15) is 0 Å². The van der Waals surface area contributed by atoms with E-state index in [0.717, 1.165) is 131 Å². The van der Waals surface area contributed by atoms with Gasteiger partial charge in [-0.1, -0.05) is 312 Å². The first-order chi connectivity index (χ1) is 50.8. The molecule has 0 bridgehead atoms. The molecule has 0 spiro atoms. The van der Waals surface area contributed by atoms with Gasteiger partial charge in [-0.3, -0.25) is 0 Å². The SMILES string of the molecule is C.C.[2H]c1c([2H])c([2H])c(-c2c3ccccc3c(-c3cccc4oc5cc(-c6cccc7c6ccc6ccccc67)ccc5c34)c3ccccc23)c([2H])c1[2H].[2H]c1c([2H])c([2H])c(-c2c3ccccc3c(-c3cccc4oc5ccc(-c6cc7ccccc7c7ccccc67)cc5c34)c3ccccc23)c([2H])c1[2H].